The van der Waals surface area contributed by atoms with Gasteiger partial charge in [-0.15, -0.1) is 0 Å². The molecule has 0 spiro atoms. The largest absolute Gasteiger partial charge is 0.495 e. The van der Waals surface area contributed by atoms with Crippen LogP contribution in [0.1, 0.15) is 6.42 Å². The number of aliphatic hydroxyl groups excluding tert-OH is 1. The molecule has 0 aromatic carbocycles. The van der Waals surface area contributed by atoms with Crippen LogP contribution in [-0.4, -0.2) is 5.11 Å². The Morgan fingerprint density at radius 2 is 2.50 bits per heavy atom. The fourth-order valence-electron chi connectivity index (χ4n) is 0.128. The topological polar surface area (TPSA) is 46.2 Å². The van der Waals surface area contributed by atoms with Gasteiger partial charge < -0.3 is 10.8 Å². The van der Waals surface area contributed by atoms with Crippen molar-refractivity contribution in [2.45, 2.75) is 6.42 Å². The summed E-state index contributed by atoms with van der Waals surface area (Å²) in [6, 6.07) is 0. The van der Waals surface area contributed by atoms with Crippen molar-refractivity contribution in [1.29, 1.82) is 0 Å². The monoisotopic (exact) mass is 85.1 g/mol. The van der Waals surface area contributed by atoms with Crippen LogP contribution in [0.2, 0.25) is 0 Å². The highest BCUT2D eigenvalue weighted by molar-refractivity contribution is 4.75. The number of hydrogen-bond donors (Lipinski definition) is 2. The first-order valence-electron chi connectivity index (χ1n) is 1.62. The lowest BCUT2D eigenvalue weighted by atomic mass is 10.5. The van der Waals surface area contributed by atoms with Crippen LogP contribution < -0.4 is 5.73 Å². The van der Waals surface area contributed by atoms with Crippen molar-refractivity contribution in [2.75, 3.05) is 0 Å². The van der Waals surface area contributed by atoms with Crippen molar-refractivity contribution in [3.63, 3.8) is 0 Å². The molecule has 0 aliphatic carbocycles. The van der Waals surface area contributed by atoms with Gasteiger partial charge in [-0.1, -0.05) is 0 Å². The molecule has 2 heteroatoms. The lowest BCUT2D eigenvalue weighted by molar-refractivity contribution is 0.400. The van der Waals surface area contributed by atoms with Gasteiger partial charge in [-0.05, 0) is 0 Å². The van der Waals surface area contributed by atoms with Gasteiger partial charge in [0.1, 0.15) is 6.42 Å². The van der Waals surface area contributed by atoms with Crippen LogP contribution in [0, 0.1) is 13.0 Å². The van der Waals surface area contributed by atoms with Gasteiger partial charge in [0, 0.05) is 0 Å². The summed E-state index contributed by atoms with van der Waals surface area (Å²) in [6.45, 7) is 3.35. The minimum Gasteiger partial charge on any atom is -0.495 e. The quantitative estimate of drug-likeness (QED) is 0.357. The molecule has 0 rings (SSSR count). The van der Waals surface area contributed by atoms with Crippen molar-refractivity contribution in [2.24, 2.45) is 5.73 Å². The molecule has 0 fully saturated rings. The van der Waals surface area contributed by atoms with Gasteiger partial charge >= 0.3 is 0 Å². The third-order valence-corrected chi connectivity index (χ3v) is 0.306. The standard InChI is InChI=1S/C4H6NO/c1-2-3-4(5)6/h1-2,5H2/p+1. The molecular weight excluding hydrogens is 78.0 g/mol. The van der Waals surface area contributed by atoms with E-state index in [0.29, 0.717) is 6.42 Å². The summed E-state index contributed by atoms with van der Waals surface area (Å²) in [5.74, 6) is -0.273. The summed E-state index contributed by atoms with van der Waals surface area (Å²) >= 11 is 0. The van der Waals surface area contributed by atoms with E-state index in [1.165, 1.54) is 0 Å². The highest BCUT2D eigenvalue weighted by Gasteiger charge is 1.77. The Kier molecular flexibility index (Phi) is 2.13. The molecule has 1 radical (unpaired) electrons. The predicted molar refractivity (Wildman–Crippen MR) is 23.5 cm³/mol. The first-order valence-corrected chi connectivity index (χ1v) is 1.62. The summed E-state index contributed by atoms with van der Waals surface area (Å²) in [6.07, 6.45) is 2.77. The summed E-state index contributed by atoms with van der Waals surface area (Å²) in [4.78, 5) is 0. The van der Waals surface area contributed by atoms with Gasteiger partial charge in [0.05, 0.1) is 13.0 Å². The molecule has 0 saturated carbocycles. The van der Waals surface area contributed by atoms with Crippen molar-refractivity contribution in [1.82, 2.24) is 0 Å². The molecule has 0 aromatic rings. The predicted octanol–water partition coefficient (Wildman–Crippen LogP) is 0.372. The van der Waals surface area contributed by atoms with Gasteiger partial charge in [0.15, 0.2) is 5.88 Å². The normalized spacial score (nSPS) is 11.7. The molecule has 0 aliphatic heterocycles. The van der Waals surface area contributed by atoms with E-state index in [4.69, 9.17) is 10.8 Å². The Hall–Kier alpha value is -0.790. The SMILES string of the molecule is [CH2+]C[C]=C(N)O. The van der Waals surface area contributed by atoms with Crippen LogP contribution in [0.3, 0.4) is 0 Å². The van der Waals surface area contributed by atoms with Crippen LogP contribution in [-0.2, 0) is 0 Å². The molecule has 3 N–H and O–H groups in total. The van der Waals surface area contributed by atoms with Gasteiger partial charge in [-0.25, -0.2) is 0 Å². The number of rotatable bonds is 1. The Labute approximate surface area is 37.3 Å². The number of hydrogen-bond acceptors (Lipinski definition) is 2. The number of nitrogens with two attached hydrogens (primary N) is 1. The average molecular weight is 85.1 g/mol. The van der Waals surface area contributed by atoms with Gasteiger partial charge in [-0.3, -0.25) is 0 Å². The highest BCUT2D eigenvalue weighted by atomic mass is 16.3. The highest BCUT2D eigenvalue weighted by Crippen LogP contribution is 1.75. The molecule has 0 bridgehead atoms. The Morgan fingerprint density at radius 3 is 2.50 bits per heavy atom. The van der Waals surface area contributed by atoms with Crippen LogP contribution in [0.5, 0.6) is 0 Å². The second kappa shape index (κ2) is 2.45. The fraction of sp³-hybridized carbons (Fsp3) is 0.250. The van der Waals surface area contributed by atoms with Gasteiger partial charge in [0.25, 0.3) is 0 Å². The smallest absolute Gasteiger partial charge is 0.189 e. The third-order valence-electron chi connectivity index (χ3n) is 0.306. The average Bonchev–Trinajstić information content (AvgIpc) is 1.35. The molecule has 0 atom stereocenters. The second-order valence-corrected chi connectivity index (χ2v) is 0.812. The van der Waals surface area contributed by atoms with E-state index in [1.54, 1.807) is 0 Å². The number of aliphatic hydroxyl groups is 1. The second-order valence-electron chi connectivity index (χ2n) is 0.812. The molecule has 0 amide bonds. The molecular formula is C4H7NO+. The zero-order chi connectivity index (χ0) is 4.99. The van der Waals surface area contributed by atoms with Crippen LogP contribution >= 0.6 is 0 Å². The van der Waals surface area contributed by atoms with Crippen LogP contribution in [0.4, 0.5) is 0 Å². The molecule has 2 nitrogen and oxygen atoms in total. The maximum absolute atomic E-state index is 8.10. The lowest BCUT2D eigenvalue weighted by Crippen LogP contribution is -1.92. The molecule has 6 heavy (non-hydrogen) atoms. The van der Waals surface area contributed by atoms with Gasteiger partial charge in [0.2, 0.25) is 0 Å². The molecule has 33 valence electrons. The Bertz CT molecular complexity index is 54.6. The van der Waals surface area contributed by atoms with Crippen LogP contribution in [0.25, 0.3) is 0 Å². The molecule has 0 aliphatic rings. The van der Waals surface area contributed by atoms with Crippen molar-refractivity contribution < 1.29 is 5.11 Å². The minimum absolute atomic E-state index is 0.273. The summed E-state index contributed by atoms with van der Waals surface area (Å²) in [5, 5.41) is 8.10. The Balaban J connectivity index is 3.14. The molecule has 0 heterocycles. The minimum atomic E-state index is -0.273. The van der Waals surface area contributed by atoms with E-state index in [9.17, 15) is 0 Å². The van der Waals surface area contributed by atoms with Crippen LogP contribution in [0.15, 0.2) is 5.88 Å². The first-order chi connectivity index (χ1) is 2.77. The Morgan fingerprint density at radius 1 is 2.00 bits per heavy atom. The third kappa shape index (κ3) is 3.21. The zero-order valence-corrected chi connectivity index (χ0v) is 3.44. The molecule has 0 unspecified atom stereocenters. The maximum atomic E-state index is 8.10. The number of allylic oxidation sites excluding steroid dienone is 1. The van der Waals surface area contributed by atoms with E-state index in [1.807, 2.05) is 0 Å². The molecule has 0 saturated heterocycles. The molecule has 0 aromatic heterocycles. The summed E-state index contributed by atoms with van der Waals surface area (Å²) in [5.41, 5.74) is 4.72. The summed E-state index contributed by atoms with van der Waals surface area (Å²) in [7, 11) is 0. The van der Waals surface area contributed by atoms with E-state index in [0.717, 1.165) is 0 Å². The lowest BCUT2D eigenvalue weighted by Gasteiger charge is -1.77. The fourth-order valence-corrected chi connectivity index (χ4v) is 0.128. The van der Waals surface area contributed by atoms with Crippen molar-refractivity contribution >= 4 is 0 Å². The zero-order valence-electron chi connectivity index (χ0n) is 3.44. The summed E-state index contributed by atoms with van der Waals surface area (Å²) < 4.78 is 0. The van der Waals surface area contributed by atoms with E-state index in [2.05, 4.69) is 13.0 Å². The van der Waals surface area contributed by atoms with E-state index in [-0.39, 0.29) is 5.88 Å². The maximum Gasteiger partial charge on any atom is 0.189 e. The first kappa shape index (κ1) is 5.21. The van der Waals surface area contributed by atoms with Crippen molar-refractivity contribution in [3.8, 4) is 0 Å². The van der Waals surface area contributed by atoms with Gasteiger partial charge in [-0.2, -0.15) is 0 Å². The van der Waals surface area contributed by atoms with E-state index >= 15 is 0 Å². The van der Waals surface area contributed by atoms with E-state index < -0.39 is 0 Å². The van der Waals surface area contributed by atoms with Crippen molar-refractivity contribution in [3.05, 3.63) is 18.9 Å².